The summed E-state index contributed by atoms with van der Waals surface area (Å²) in [4.78, 5) is 37.6. The molecule has 2 N–H and O–H groups in total. The number of carboxylic acids is 1. The highest BCUT2D eigenvalue weighted by Gasteiger charge is 2.37. The van der Waals surface area contributed by atoms with Gasteiger partial charge in [-0.2, -0.15) is 0 Å². The largest absolute Gasteiger partial charge is 0.478 e. The van der Waals surface area contributed by atoms with Crippen molar-refractivity contribution in [3.63, 3.8) is 0 Å². The summed E-state index contributed by atoms with van der Waals surface area (Å²) in [5.74, 6) is -1.84. The summed E-state index contributed by atoms with van der Waals surface area (Å²) in [5, 5.41) is 11.7. The molecule has 0 aliphatic carbocycles. The van der Waals surface area contributed by atoms with E-state index in [4.69, 9.17) is 5.11 Å². The Kier molecular flexibility index (Phi) is 5.02. The molecule has 1 aliphatic rings. The Bertz CT molecular complexity index is 835. The molecule has 0 saturated carbocycles. The zero-order valence-corrected chi connectivity index (χ0v) is 14.4. The van der Waals surface area contributed by atoms with Gasteiger partial charge in [0.1, 0.15) is 0 Å². The number of rotatable bonds is 5. The molecule has 2 aromatic rings. The monoisotopic (exact) mass is 352 g/mol. The third-order valence-corrected chi connectivity index (χ3v) is 4.66. The average molecular weight is 352 g/mol. The van der Waals surface area contributed by atoms with Gasteiger partial charge in [-0.25, -0.2) is 4.79 Å². The molecule has 1 fully saturated rings. The Hall–Kier alpha value is -3.15. The summed E-state index contributed by atoms with van der Waals surface area (Å²) >= 11 is 0. The second-order valence-electron chi connectivity index (χ2n) is 6.41. The topological polar surface area (TPSA) is 86.7 Å². The first kappa shape index (κ1) is 17.7. The number of carbonyl (C=O) groups excluding carboxylic acids is 2. The summed E-state index contributed by atoms with van der Waals surface area (Å²) in [5.41, 5.74) is 1.54. The van der Waals surface area contributed by atoms with E-state index >= 15 is 0 Å². The molecule has 0 aromatic heterocycles. The van der Waals surface area contributed by atoms with Gasteiger partial charge in [0.15, 0.2) is 0 Å². The fourth-order valence-corrected chi connectivity index (χ4v) is 3.17. The minimum absolute atomic E-state index is 0.0548. The molecular weight excluding hydrogens is 332 g/mol. The molecule has 6 heteroatoms. The molecule has 0 bridgehead atoms. The van der Waals surface area contributed by atoms with Crippen LogP contribution in [0.2, 0.25) is 0 Å². The minimum Gasteiger partial charge on any atom is -0.478 e. The van der Waals surface area contributed by atoms with E-state index in [1.807, 2.05) is 37.3 Å². The summed E-state index contributed by atoms with van der Waals surface area (Å²) in [6.07, 6.45) is 0.154. The Labute approximate surface area is 151 Å². The number of hydrogen-bond donors (Lipinski definition) is 2. The van der Waals surface area contributed by atoms with Gasteiger partial charge in [-0.1, -0.05) is 36.4 Å². The molecule has 26 heavy (non-hydrogen) atoms. The predicted molar refractivity (Wildman–Crippen MR) is 96.7 cm³/mol. The van der Waals surface area contributed by atoms with Crippen LogP contribution in [0.1, 0.15) is 35.3 Å². The van der Waals surface area contributed by atoms with Crippen LogP contribution in [0.25, 0.3) is 0 Å². The zero-order chi connectivity index (χ0) is 18.7. The van der Waals surface area contributed by atoms with Crippen LogP contribution in [0, 0.1) is 5.92 Å². The van der Waals surface area contributed by atoms with Gasteiger partial charge in [-0.3, -0.25) is 9.59 Å². The van der Waals surface area contributed by atoms with Gasteiger partial charge in [0.2, 0.25) is 11.8 Å². The van der Waals surface area contributed by atoms with Crippen LogP contribution >= 0.6 is 0 Å². The average Bonchev–Trinajstić information content (AvgIpc) is 3.04. The van der Waals surface area contributed by atoms with Crippen molar-refractivity contribution in [3.05, 3.63) is 65.7 Å². The predicted octanol–water partition coefficient (Wildman–Crippen LogP) is 2.93. The van der Waals surface area contributed by atoms with Crippen LogP contribution in [0.5, 0.6) is 0 Å². The highest BCUT2D eigenvalue weighted by molar-refractivity contribution is 5.98. The Morgan fingerprint density at radius 2 is 1.88 bits per heavy atom. The number of aromatic carboxylic acids is 1. The van der Waals surface area contributed by atoms with Gasteiger partial charge in [-0.05, 0) is 30.7 Å². The van der Waals surface area contributed by atoms with E-state index < -0.39 is 11.9 Å². The Balaban J connectivity index is 1.67. The van der Waals surface area contributed by atoms with Crippen LogP contribution < -0.4 is 5.32 Å². The first-order chi connectivity index (χ1) is 12.5. The van der Waals surface area contributed by atoms with E-state index in [0.717, 1.165) is 5.56 Å². The minimum atomic E-state index is -1.06. The van der Waals surface area contributed by atoms with E-state index in [2.05, 4.69) is 5.32 Å². The van der Waals surface area contributed by atoms with Gasteiger partial charge >= 0.3 is 5.97 Å². The van der Waals surface area contributed by atoms with Gasteiger partial charge in [-0.15, -0.1) is 0 Å². The molecular formula is C20H20N2O4. The lowest BCUT2D eigenvalue weighted by Gasteiger charge is -2.25. The number of hydrogen-bond acceptors (Lipinski definition) is 3. The molecule has 6 nitrogen and oxygen atoms in total. The van der Waals surface area contributed by atoms with E-state index in [1.165, 1.54) is 12.1 Å². The molecule has 0 unspecified atom stereocenters. The van der Waals surface area contributed by atoms with Crippen molar-refractivity contribution < 1.29 is 19.5 Å². The second kappa shape index (κ2) is 7.39. The first-order valence-corrected chi connectivity index (χ1v) is 8.44. The van der Waals surface area contributed by atoms with E-state index in [-0.39, 0.29) is 29.8 Å². The van der Waals surface area contributed by atoms with Gasteiger partial charge in [0, 0.05) is 18.7 Å². The zero-order valence-electron chi connectivity index (χ0n) is 14.4. The SMILES string of the molecule is C[C@@H](c1ccccc1)N1C[C@H](C(=O)Nc2cccc(C(=O)O)c2)CC1=O. The Morgan fingerprint density at radius 1 is 1.15 bits per heavy atom. The number of likely N-dealkylation sites (tertiary alicyclic amines) is 1. The van der Waals surface area contributed by atoms with Gasteiger partial charge in [0.25, 0.3) is 0 Å². The highest BCUT2D eigenvalue weighted by Crippen LogP contribution is 2.29. The van der Waals surface area contributed by atoms with Crippen LogP contribution in [0.15, 0.2) is 54.6 Å². The van der Waals surface area contributed by atoms with E-state index in [1.54, 1.807) is 17.0 Å². The van der Waals surface area contributed by atoms with E-state index in [9.17, 15) is 14.4 Å². The normalized spacial score (nSPS) is 17.8. The number of nitrogens with zero attached hydrogens (tertiary/aromatic N) is 1. The van der Waals surface area contributed by atoms with Crippen molar-refractivity contribution in [2.45, 2.75) is 19.4 Å². The van der Waals surface area contributed by atoms with Crippen LogP contribution in [-0.2, 0) is 9.59 Å². The van der Waals surface area contributed by atoms with Crippen LogP contribution in [-0.4, -0.2) is 34.3 Å². The molecule has 1 saturated heterocycles. The van der Waals surface area contributed by atoms with Crippen LogP contribution in [0.4, 0.5) is 5.69 Å². The van der Waals surface area contributed by atoms with Crippen molar-refractivity contribution >= 4 is 23.5 Å². The number of nitrogens with one attached hydrogen (secondary N) is 1. The fraction of sp³-hybridized carbons (Fsp3) is 0.250. The number of amides is 2. The number of carbonyl (C=O) groups is 3. The van der Waals surface area contributed by atoms with Crippen molar-refractivity contribution in [3.8, 4) is 0 Å². The van der Waals surface area contributed by atoms with Crippen molar-refractivity contribution in [1.29, 1.82) is 0 Å². The smallest absolute Gasteiger partial charge is 0.335 e. The van der Waals surface area contributed by atoms with Crippen molar-refractivity contribution in [2.24, 2.45) is 5.92 Å². The quantitative estimate of drug-likeness (QED) is 0.866. The summed E-state index contributed by atoms with van der Waals surface area (Å²) < 4.78 is 0. The third-order valence-electron chi connectivity index (χ3n) is 4.66. The fourth-order valence-electron chi connectivity index (χ4n) is 3.17. The number of carboxylic acid groups (broad SMARTS) is 1. The maximum atomic E-state index is 12.5. The lowest BCUT2D eigenvalue weighted by atomic mass is 10.1. The number of anilines is 1. The molecule has 1 heterocycles. The molecule has 3 rings (SSSR count). The molecule has 0 radical (unpaired) electrons. The van der Waals surface area contributed by atoms with Crippen molar-refractivity contribution in [2.75, 3.05) is 11.9 Å². The maximum Gasteiger partial charge on any atom is 0.335 e. The molecule has 2 aromatic carbocycles. The maximum absolute atomic E-state index is 12.5. The summed E-state index contributed by atoms with van der Waals surface area (Å²) in [6.45, 7) is 2.29. The molecule has 1 aliphatic heterocycles. The standard InChI is InChI=1S/C20H20N2O4/c1-13(14-6-3-2-4-7-14)22-12-16(11-18(22)23)19(24)21-17-9-5-8-15(10-17)20(25)26/h2-10,13,16H,11-12H2,1H3,(H,21,24)(H,25,26)/t13-,16+/m0/s1. The Morgan fingerprint density at radius 3 is 2.58 bits per heavy atom. The van der Waals surface area contributed by atoms with Crippen LogP contribution in [0.3, 0.4) is 0 Å². The van der Waals surface area contributed by atoms with E-state index in [0.29, 0.717) is 12.2 Å². The van der Waals surface area contributed by atoms with Crippen molar-refractivity contribution in [1.82, 2.24) is 4.90 Å². The summed E-state index contributed by atoms with van der Waals surface area (Å²) in [7, 11) is 0. The van der Waals surface area contributed by atoms with Gasteiger partial charge < -0.3 is 15.3 Å². The first-order valence-electron chi connectivity index (χ1n) is 8.44. The summed E-state index contributed by atoms with van der Waals surface area (Å²) in [6, 6.07) is 15.7. The lowest BCUT2D eigenvalue weighted by molar-refractivity contribution is -0.129. The number of benzene rings is 2. The second-order valence-corrected chi connectivity index (χ2v) is 6.41. The molecule has 134 valence electrons. The molecule has 0 spiro atoms. The highest BCUT2D eigenvalue weighted by atomic mass is 16.4. The molecule has 2 atom stereocenters. The molecule has 2 amide bonds. The van der Waals surface area contributed by atoms with Gasteiger partial charge in [0.05, 0.1) is 17.5 Å². The lowest BCUT2D eigenvalue weighted by Crippen LogP contribution is -2.30. The third kappa shape index (κ3) is 3.74.